The summed E-state index contributed by atoms with van der Waals surface area (Å²) in [6, 6.07) is 19.6. The van der Waals surface area contributed by atoms with Gasteiger partial charge in [0.25, 0.3) is 0 Å². The van der Waals surface area contributed by atoms with Gasteiger partial charge in [-0.3, -0.25) is 4.90 Å². The van der Waals surface area contributed by atoms with E-state index >= 15 is 0 Å². The number of benzene rings is 4. The van der Waals surface area contributed by atoms with Crippen molar-refractivity contribution >= 4 is 21.9 Å². The van der Waals surface area contributed by atoms with E-state index in [1.54, 1.807) is 21.3 Å². The van der Waals surface area contributed by atoms with Crippen LogP contribution in [-0.2, 0) is 30.5 Å². The van der Waals surface area contributed by atoms with Gasteiger partial charge in [-0.1, -0.05) is 18.2 Å². The van der Waals surface area contributed by atoms with Gasteiger partial charge in [0.15, 0.2) is 34.8 Å². The van der Waals surface area contributed by atoms with Crippen LogP contribution in [0.25, 0.3) is 0 Å². The lowest BCUT2D eigenvalue weighted by molar-refractivity contribution is -0.954. The molecule has 0 radical (unpaired) electrons. The van der Waals surface area contributed by atoms with Gasteiger partial charge in [0.1, 0.15) is 22.0 Å². The smallest absolute Gasteiger partial charge is 0.362 e. The number of nitrogens with zero attached hydrogens (tertiary/aromatic N) is 2. The number of hydrogen-bond donors (Lipinski definition) is 1. The maximum Gasteiger partial charge on any atom is 0.362 e. The average molecular weight is 745 g/mol. The van der Waals surface area contributed by atoms with Crippen molar-refractivity contribution in [3.63, 3.8) is 0 Å². The molecule has 4 atom stereocenters. The maximum absolute atomic E-state index is 12.6. The molecule has 4 aliphatic heterocycles. The lowest BCUT2D eigenvalue weighted by Crippen LogP contribution is -2.59. The van der Waals surface area contributed by atoms with Crippen LogP contribution in [-0.4, -0.2) is 75.0 Å². The molecule has 4 heterocycles. The highest BCUT2D eigenvalue weighted by Gasteiger charge is 2.46. The fourth-order valence-corrected chi connectivity index (χ4v) is 8.56. The summed E-state index contributed by atoms with van der Waals surface area (Å²) in [5, 5.41) is 10.3. The third-order valence-electron chi connectivity index (χ3n) is 11.2. The highest BCUT2D eigenvalue weighted by atomic mass is 79.9. The molecule has 50 heavy (non-hydrogen) atoms. The lowest BCUT2D eigenvalue weighted by atomic mass is 9.85. The second-order valence-corrected chi connectivity index (χ2v) is 14.6. The number of rotatable bonds is 5. The van der Waals surface area contributed by atoms with Gasteiger partial charge in [0.05, 0.1) is 34.9 Å². The number of methoxy groups -OCH3 is 3. The van der Waals surface area contributed by atoms with Crippen LogP contribution in [0.15, 0.2) is 65.1 Å². The first-order valence-electron chi connectivity index (χ1n) is 17.0. The van der Waals surface area contributed by atoms with Crippen LogP contribution in [0.2, 0.25) is 0 Å². The first-order chi connectivity index (χ1) is 24.0. The molecule has 262 valence electrons. The van der Waals surface area contributed by atoms with Crippen LogP contribution in [0.4, 0.5) is 0 Å². The Hall–Kier alpha value is -4.25. The molecule has 4 aromatic carbocycles. The van der Waals surface area contributed by atoms with Crippen molar-refractivity contribution in [3.8, 4) is 40.2 Å². The van der Waals surface area contributed by atoms with E-state index in [0.717, 1.165) is 50.8 Å². The topological polar surface area (TPSA) is 86.7 Å². The van der Waals surface area contributed by atoms with E-state index in [9.17, 15) is 9.90 Å². The minimum Gasteiger partial charge on any atom is -0.495 e. The number of likely N-dealkylation sites (N-methyl/N-ethyl adjacent to an activating group) is 2. The number of carboxylic acids is 1. The van der Waals surface area contributed by atoms with E-state index in [1.165, 1.54) is 0 Å². The normalized spacial score (nSPS) is 21.8. The van der Waals surface area contributed by atoms with Gasteiger partial charge in [0.2, 0.25) is 0 Å². The Morgan fingerprint density at radius 2 is 1.56 bits per heavy atom. The first-order valence-corrected chi connectivity index (χ1v) is 17.8. The van der Waals surface area contributed by atoms with Crippen molar-refractivity contribution < 1.29 is 38.1 Å². The molecule has 0 saturated carbocycles. The SMILES string of the molecule is COc1ccc2cc1Oc1ccc(cc1)CC1c3cc(c(OC)cc3CC[N+]1(C)C(C)C(=O)O)Oc1c(Br)c(OC)cc3c1C(C2)N(C)CC3. The van der Waals surface area contributed by atoms with Crippen molar-refractivity contribution in [1.29, 1.82) is 0 Å². The number of hydrogen-bond acceptors (Lipinski definition) is 7. The fourth-order valence-electron chi connectivity index (χ4n) is 7.98. The van der Waals surface area contributed by atoms with Gasteiger partial charge >= 0.3 is 5.97 Å². The van der Waals surface area contributed by atoms with E-state index < -0.39 is 12.0 Å². The second-order valence-electron chi connectivity index (χ2n) is 13.8. The zero-order valence-electron chi connectivity index (χ0n) is 29.4. The highest BCUT2D eigenvalue weighted by Crippen LogP contribution is 2.51. The largest absolute Gasteiger partial charge is 0.495 e. The van der Waals surface area contributed by atoms with Crippen LogP contribution < -0.4 is 23.7 Å². The van der Waals surface area contributed by atoms with Gasteiger partial charge < -0.3 is 33.3 Å². The van der Waals surface area contributed by atoms with Gasteiger partial charge in [0, 0.05) is 36.6 Å². The van der Waals surface area contributed by atoms with Crippen LogP contribution in [0, 0.1) is 0 Å². The third-order valence-corrected chi connectivity index (χ3v) is 11.9. The molecule has 0 spiro atoms. The Morgan fingerprint density at radius 3 is 2.26 bits per heavy atom. The van der Waals surface area contributed by atoms with Crippen LogP contribution in [0.1, 0.15) is 52.4 Å². The summed E-state index contributed by atoms with van der Waals surface area (Å²) in [6.07, 6.45) is 2.87. The molecule has 6 bridgehead atoms. The summed E-state index contributed by atoms with van der Waals surface area (Å²) < 4.78 is 32.2. The minimum absolute atomic E-state index is 0.0249. The van der Waals surface area contributed by atoms with E-state index in [2.05, 4.69) is 77.4 Å². The molecule has 1 N–H and O–H groups in total. The number of fused-ring (bicyclic) bond motifs is 2. The Morgan fingerprint density at radius 1 is 0.880 bits per heavy atom. The number of quaternary nitrogens is 1. The third kappa shape index (κ3) is 5.97. The van der Waals surface area contributed by atoms with E-state index in [1.807, 2.05) is 25.1 Å². The molecule has 4 unspecified atom stereocenters. The standard InChI is InChI=1S/C40H43BrN2O7/c1-23(40(44)45)43(3)16-14-26-20-33(47-5)35-22-29(26)31(43)18-24-7-10-28(11-8-24)49-34-19-25(9-12-32(34)46-4)17-30-37-27(13-15-42(30)2)21-36(48-6)38(41)39(37)50-35/h7-12,19-23,30-31H,13-18H2,1-6H3/p+1. The van der Waals surface area contributed by atoms with Crippen LogP contribution in [0.5, 0.6) is 40.2 Å². The van der Waals surface area contributed by atoms with Crippen molar-refractivity contribution in [1.82, 2.24) is 4.90 Å². The van der Waals surface area contributed by atoms with Gasteiger partial charge in [-0.25, -0.2) is 4.79 Å². The predicted molar refractivity (Wildman–Crippen MR) is 194 cm³/mol. The molecular formula is C40H44BrN2O7+. The molecule has 10 heteroatoms. The van der Waals surface area contributed by atoms with E-state index in [4.69, 9.17) is 23.7 Å². The van der Waals surface area contributed by atoms with Crippen molar-refractivity contribution in [2.45, 2.75) is 50.7 Å². The Balaban J connectivity index is 1.48. The summed E-state index contributed by atoms with van der Waals surface area (Å²) in [6.45, 7) is 3.36. The van der Waals surface area contributed by atoms with Crippen molar-refractivity contribution in [2.24, 2.45) is 0 Å². The maximum atomic E-state index is 12.6. The lowest BCUT2D eigenvalue weighted by Gasteiger charge is -2.48. The molecule has 0 amide bonds. The monoisotopic (exact) mass is 743 g/mol. The number of ether oxygens (including phenoxy) is 5. The summed E-state index contributed by atoms with van der Waals surface area (Å²) in [7, 11) is 9.20. The summed E-state index contributed by atoms with van der Waals surface area (Å²) >= 11 is 3.87. The Labute approximate surface area is 302 Å². The molecule has 0 aliphatic carbocycles. The van der Waals surface area contributed by atoms with Gasteiger partial charge in [-0.15, -0.1) is 0 Å². The van der Waals surface area contributed by atoms with E-state index in [0.29, 0.717) is 70.5 Å². The molecule has 0 saturated heterocycles. The molecule has 4 aromatic rings. The van der Waals surface area contributed by atoms with Gasteiger partial charge in [-0.05, 0) is 107 Å². The average Bonchev–Trinajstić information content (AvgIpc) is 3.11. The van der Waals surface area contributed by atoms with Crippen molar-refractivity contribution in [3.05, 3.63) is 98.5 Å². The predicted octanol–water partition coefficient (Wildman–Crippen LogP) is 7.90. The molecule has 9 nitrogen and oxygen atoms in total. The second kappa shape index (κ2) is 13.5. The fraction of sp³-hybridized carbons (Fsp3) is 0.375. The first kappa shape index (κ1) is 34.2. The zero-order valence-corrected chi connectivity index (χ0v) is 31.0. The number of carbonyl (C=O) groups is 1. The zero-order chi connectivity index (χ0) is 35.3. The van der Waals surface area contributed by atoms with Gasteiger partial charge in [-0.2, -0.15) is 0 Å². The molecule has 0 aromatic heterocycles. The highest BCUT2D eigenvalue weighted by molar-refractivity contribution is 9.10. The number of carboxylic acid groups (broad SMARTS) is 1. The van der Waals surface area contributed by atoms with Crippen LogP contribution in [0.3, 0.4) is 0 Å². The minimum atomic E-state index is -0.817. The Bertz CT molecular complexity index is 1950. The van der Waals surface area contributed by atoms with E-state index in [-0.39, 0.29) is 12.1 Å². The number of halogens is 1. The molecule has 8 rings (SSSR count). The number of aliphatic carboxylic acids is 1. The Kier molecular flexibility index (Phi) is 9.21. The summed E-state index contributed by atoms with van der Waals surface area (Å²) in [5.41, 5.74) is 6.61. The quantitative estimate of drug-likeness (QED) is 0.207. The van der Waals surface area contributed by atoms with Crippen LogP contribution >= 0.6 is 15.9 Å². The van der Waals surface area contributed by atoms with Crippen molar-refractivity contribution in [2.75, 3.05) is 48.5 Å². The summed E-state index contributed by atoms with van der Waals surface area (Å²) in [4.78, 5) is 14.9. The molecule has 0 fully saturated rings. The molecular weight excluding hydrogens is 700 g/mol. The summed E-state index contributed by atoms with van der Waals surface area (Å²) in [5.74, 6) is 3.75. The molecule has 4 aliphatic rings.